The van der Waals surface area contributed by atoms with E-state index >= 15 is 0 Å². The van der Waals surface area contributed by atoms with Crippen molar-refractivity contribution in [1.29, 1.82) is 0 Å². The van der Waals surface area contributed by atoms with E-state index in [4.69, 9.17) is 5.11 Å². The molecule has 0 unspecified atom stereocenters. The van der Waals surface area contributed by atoms with E-state index in [1.807, 2.05) is 6.92 Å². The van der Waals surface area contributed by atoms with Gasteiger partial charge in [0.15, 0.2) is 0 Å². The summed E-state index contributed by atoms with van der Waals surface area (Å²) in [6, 6.07) is 0. The molecule has 1 aliphatic rings. The molecule has 6 nitrogen and oxygen atoms in total. The molecule has 20 heavy (non-hydrogen) atoms. The van der Waals surface area contributed by atoms with Crippen molar-refractivity contribution in [1.82, 2.24) is 15.1 Å². The number of nitrogens with zero attached hydrogens (tertiary/aromatic N) is 2. The van der Waals surface area contributed by atoms with Crippen molar-refractivity contribution in [2.24, 2.45) is 18.9 Å². The lowest BCUT2D eigenvalue weighted by Crippen LogP contribution is -2.32. The Morgan fingerprint density at radius 2 is 2.05 bits per heavy atom. The number of hydrogen-bond acceptors (Lipinski definition) is 3. The Hall–Kier alpha value is -1.85. The Labute approximate surface area is 118 Å². The molecule has 0 aliphatic heterocycles. The lowest BCUT2D eigenvalue weighted by molar-refractivity contribution is -0.143. The van der Waals surface area contributed by atoms with Crippen molar-refractivity contribution in [3.8, 4) is 0 Å². The molecule has 0 saturated heterocycles. The molecule has 1 heterocycles. The van der Waals surface area contributed by atoms with Gasteiger partial charge in [-0.3, -0.25) is 14.3 Å². The van der Waals surface area contributed by atoms with Gasteiger partial charge >= 0.3 is 5.97 Å². The fourth-order valence-electron chi connectivity index (χ4n) is 2.67. The first-order valence-electron chi connectivity index (χ1n) is 6.98. The minimum atomic E-state index is -0.696. The first kappa shape index (κ1) is 14.6. The molecule has 6 heteroatoms. The summed E-state index contributed by atoms with van der Waals surface area (Å²) < 4.78 is 1.67. The van der Waals surface area contributed by atoms with Gasteiger partial charge in [-0.2, -0.15) is 5.10 Å². The number of carboxylic acids is 1. The Kier molecular flexibility index (Phi) is 4.42. The minimum Gasteiger partial charge on any atom is -0.481 e. The van der Waals surface area contributed by atoms with Gasteiger partial charge < -0.3 is 10.4 Å². The second-order valence-electron chi connectivity index (χ2n) is 5.53. The zero-order chi connectivity index (χ0) is 14.7. The van der Waals surface area contributed by atoms with Crippen LogP contribution in [0.4, 0.5) is 0 Å². The summed E-state index contributed by atoms with van der Waals surface area (Å²) in [7, 11) is 1.80. The third-order valence-corrected chi connectivity index (χ3v) is 4.23. The molecule has 0 bridgehead atoms. The predicted octanol–water partition coefficient (Wildman–Crippen LogP) is 1.35. The lowest BCUT2D eigenvalue weighted by Gasteiger charge is -2.26. The number of carbonyl (C=O) groups is 2. The Morgan fingerprint density at radius 1 is 1.40 bits per heavy atom. The molecule has 1 aromatic rings. The van der Waals surface area contributed by atoms with Crippen molar-refractivity contribution in [2.75, 3.05) is 6.54 Å². The summed E-state index contributed by atoms with van der Waals surface area (Å²) in [5, 5.41) is 15.9. The number of carboxylic acid groups (broad SMARTS) is 1. The molecule has 1 fully saturated rings. The smallest absolute Gasteiger partial charge is 0.306 e. The molecule has 2 rings (SSSR count). The largest absolute Gasteiger partial charge is 0.481 e. The van der Waals surface area contributed by atoms with Crippen LogP contribution in [0.1, 0.15) is 41.7 Å². The molecular formula is C14H21N3O3. The predicted molar refractivity (Wildman–Crippen MR) is 73.4 cm³/mol. The topological polar surface area (TPSA) is 84.2 Å². The van der Waals surface area contributed by atoms with Gasteiger partial charge in [0.25, 0.3) is 5.91 Å². The highest BCUT2D eigenvalue weighted by molar-refractivity contribution is 5.95. The summed E-state index contributed by atoms with van der Waals surface area (Å²) in [6.07, 6.45) is 4.72. The van der Waals surface area contributed by atoms with Crippen LogP contribution in [0.15, 0.2) is 6.20 Å². The summed E-state index contributed by atoms with van der Waals surface area (Å²) in [5.74, 6) is -0.622. The number of aliphatic carboxylic acids is 1. The van der Waals surface area contributed by atoms with Gasteiger partial charge in [-0.25, -0.2) is 0 Å². The van der Waals surface area contributed by atoms with Crippen LogP contribution in [0.5, 0.6) is 0 Å². The van der Waals surface area contributed by atoms with E-state index in [9.17, 15) is 9.59 Å². The highest BCUT2D eigenvalue weighted by atomic mass is 16.4. The van der Waals surface area contributed by atoms with Gasteiger partial charge in [-0.05, 0) is 38.5 Å². The molecule has 0 spiro atoms. The summed E-state index contributed by atoms with van der Waals surface area (Å²) in [6.45, 7) is 2.47. The quantitative estimate of drug-likeness (QED) is 0.871. The van der Waals surface area contributed by atoms with Crippen LogP contribution in [-0.4, -0.2) is 33.3 Å². The van der Waals surface area contributed by atoms with Crippen LogP contribution >= 0.6 is 0 Å². The van der Waals surface area contributed by atoms with Crippen LogP contribution in [0.2, 0.25) is 0 Å². The molecule has 0 radical (unpaired) electrons. The van der Waals surface area contributed by atoms with Crippen LogP contribution in [-0.2, 0) is 11.8 Å². The Bertz CT molecular complexity index is 502. The fraction of sp³-hybridized carbons (Fsp3) is 0.643. The zero-order valence-corrected chi connectivity index (χ0v) is 11.9. The fourth-order valence-corrected chi connectivity index (χ4v) is 2.67. The summed E-state index contributed by atoms with van der Waals surface area (Å²) >= 11 is 0. The van der Waals surface area contributed by atoms with Gasteiger partial charge in [0.2, 0.25) is 0 Å². The molecule has 1 aromatic heterocycles. The van der Waals surface area contributed by atoms with Crippen molar-refractivity contribution in [3.05, 3.63) is 17.5 Å². The van der Waals surface area contributed by atoms with E-state index in [1.54, 1.807) is 17.9 Å². The van der Waals surface area contributed by atoms with E-state index in [0.717, 1.165) is 18.5 Å². The highest BCUT2D eigenvalue weighted by Crippen LogP contribution is 2.28. The monoisotopic (exact) mass is 279 g/mol. The zero-order valence-electron chi connectivity index (χ0n) is 11.9. The lowest BCUT2D eigenvalue weighted by atomic mass is 9.82. The van der Waals surface area contributed by atoms with Crippen molar-refractivity contribution >= 4 is 11.9 Å². The van der Waals surface area contributed by atoms with Crippen LogP contribution in [0.3, 0.4) is 0 Å². The van der Waals surface area contributed by atoms with Gasteiger partial charge in [-0.15, -0.1) is 0 Å². The average Bonchev–Trinajstić information content (AvgIpc) is 2.77. The van der Waals surface area contributed by atoms with Crippen molar-refractivity contribution in [3.63, 3.8) is 0 Å². The number of rotatable bonds is 4. The molecule has 0 atom stereocenters. The van der Waals surface area contributed by atoms with Gasteiger partial charge in [-0.1, -0.05) is 0 Å². The van der Waals surface area contributed by atoms with Crippen LogP contribution < -0.4 is 5.32 Å². The number of aromatic nitrogens is 2. The molecule has 1 amide bonds. The van der Waals surface area contributed by atoms with E-state index in [0.29, 0.717) is 30.9 Å². The molecule has 1 saturated carbocycles. The van der Waals surface area contributed by atoms with Crippen LogP contribution in [0, 0.1) is 18.8 Å². The summed E-state index contributed by atoms with van der Waals surface area (Å²) in [5.41, 5.74) is 1.45. The number of hydrogen-bond donors (Lipinski definition) is 2. The second-order valence-corrected chi connectivity index (χ2v) is 5.53. The molecule has 110 valence electrons. The number of carbonyl (C=O) groups excluding carboxylic acids is 1. The second kappa shape index (κ2) is 6.07. The molecule has 2 N–H and O–H groups in total. The van der Waals surface area contributed by atoms with Gasteiger partial charge in [0.05, 0.1) is 17.7 Å². The first-order valence-corrected chi connectivity index (χ1v) is 6.98. The SMILES string of the molecule is Cc1c(C(=O)NCC2CCC(C(=O)O)CC2)cnn1C. The molecule has 0 aromatic carbocycles. The Balaban J connectivity index is 1.80. The standard InChI is InChI=1S/C14H21N3O3/c1-9-12(8-16-17(9)2)13(18)15-7-10-3-5-11(6-4-10)14(19)20/h8,10-11H,3-7H2,1-2H3,(H,15,18)(H,19,20). The number of aryl methyl sites for hydroxylation is 1. The van der Waals surface area contributed by atoms with E-state index in [-0.39, 0.29) is 11.8 Å². The maximum Gasteiger partial charge on any atom is 0.306 e. The number of nitrogens with one attached hydrogen (secondary N) is 1. The van der Waals surface area contributed by atoms with Crippen molar-refractivity contribution in [2.45, 2.75) is 32.6 Å². The van der Waals surface area contributed by atoms with Gasteiger partial charge in [0, 0.05) is 19.3 Å². The first-order chi connectivity index (χ1) is 9.49. The number of amides is 1. The normalized spacial score (nSPS) is 22.5. The minimum absolute atomic E-state index is 0.101. The van der Waals surface area contributed by atoms with Crippen molar-refractivity contribution < 1.29 is 14.7 Å². The van der Waals surface area contributed by atoms with Crippen LogP contribution in [0.25, 0.3) is 0 Å². The van der Waals surface area contributed by atoms with Gasteiger partial charge in [0.1, 0.15) is 0 Å². The average molecular weight is 279 g/mol. The maximum absolute atomic E-state index is 12.0. The highest BCUT2D eigenvalue weighted by Gasteiger charge is 2.26. The maximum atomic E-state index is 12.0. The van der Waals surface area contributed by atoms with E-state index < -0.39 is 5.97 Å². The van der Waals surface area contributed by atoms with E-state index in [2.05, 4.69) is 10.4 Å². The summed E-state index contributed by atoms with van der Waals surface area (Å²) in [4.78, 5) is 22.9. The molecule has 1 aliphatic carbocycles. The molecular weight excluding hydrogens is 258 g/mol. The third kappa shape index (κ3) is 3.18. The van der Waals surface area contributed by atoms with E-state index in [1.165, 1.54) is 0 Å². The third-order valence-electron chi connectivity index (χ3n) is 4.23. The Morgan fingerprint density at radius 3 is 2.55 bits per heavy atom.